The summed E-state index contributed by atoms with van der Waals surface area (Å²) in [6.45, 7) is 0. The van der Waals surface area contributed by atoms with Crippen molar-refractivity contribution in [2.24, 2.45) is 0 Å². The van der Waals surface area contributed by atoms with Gasteiger partial charge in [0.1, 0.15) is 5.69 Å². The summed E-state index contributed by atoms with van der Waals surface area (Å²) in [5.74, 6) is -1.19. The third-order valence-corrected chi connectivity index (χ3v) is 3.81. The number of methoxy groups -OCH3 is 2. The molecule has 7 nitrogen and oxygen atoms in total. The van der Waals surface area contributed by atoms with Crippen LogP contribution in [-0.4, -0.2) is 36.2 Å². The number of halogens is 3. The zero-order valence-electron chi connectivity index (χ0n) is 14.9. The van der Waals surface area contributed by atoms with E-state index in [-0.39, 0.29) is 5.56 Å². The number of ether oxygens (including phenoxy) is 2. The Kier molecular flexibility index (Phi) is 6.45. The van der Waals surface area contributed by atoms with E-state index in [1.807, 2.05) is 0 Å². The second-order valence-corrected chi connectivity index (χ2v) is 5.67. The average Bonchev–Trinajstić information content (AvgIpc) is 2.65. The van der Waals surface area contributed by atoms with Gasteiger partial charge in [-0.25, -0.2) is 0 Å². The van der Waals surface area contributed by atoms with Crippen molar-refractivity contribution in [3.8, 4) is 11.5 Å². The molecule has 0 radical (unpaired) electrons. The van der Waals surface area contributed by atoms with Gasteiger partial charge in [-0.05, 0) is 29.8 Å². The maximum Gasteiger partial charge on any atom is 0.433 e. The molecule has 0 aliphatic heterocycles. The van der Waals surface area contributed by atoms with Gasteiger partial charge in [0.2, 0.25) is 0 Å². The summed E-state index contributed by atoms with van der Waals surface area (Å²) >= 11 is 0. The van der Waals surface area contributed by atoms with Gasteiger partial charge in [-0.1, -0.05) is 6.07 Å². The highest BCUT2D eigenvalue weighted by Crippen LogP contribution is 2.31. The Balaban J connectivity index is 2.27. The monoisotopic (exact) mass is 398 g/mol. The van der Waals surface area contributed by atoms with Gasteiger partial charge in [-0.2, -0.15) is 13.2 Å². The van der Waals surface area contributed by atoms with Crippen molar-refractivity contribution in [3.05, 3.63) is 53.3 Å². The molecule has 1 aromatic heterocycles. The van der Waals surface area contributed by atoms with E-state index in [4.69, 9.17) is 14.6 Å². The van der Waals surface area contributed by atoms with Crippen molar-refractivity contribution in [2.75, 3.05) is 14.2 Å². The summed E-state index contributed by atoms with van der Waals surface area (Å²) in [5.41, 5.74) is -0.844. The number of nitrogens with zero attached hydrogens (tertiary/aromatic N) is 1. The maximum atomic E-state index is 12.6. The second-order valence-electron chi connectivity index (χ2n) is 5.67. The Morgan fingerprint density at radius 1 is 1.14 bits per heavy atom. The number of rotatable bonds is 7. The van der Waals surface area contributed by atoms with Crippen LogP contribution in [0.1, 0.15) is 34.1 Å². The summed E-state index contributed by atoms with van der Waals surface area (Å²) in [5, 5.41) is 11.6. The number of aromatic nitrogens is 1. The fourth-order valence-corrected chi connectivity index (χ4v) is 2.43. The Bertz CT molecular complexity index is 853. The van der Waals surface area contributed by atoms with Gasteiger partial charge in [0.25, 0.3) is 5.91 Å². The molecule has 0 spiro atoms. The first kappa shape index (κ1) is 21.0. The van der Waals surface area contributed by atoms with E-state index >= 15 is 0 Å². The van der Waals surface area contributed by atoms with Gasteiger partial charge in [0, 0.05) is 6.20 Å². The molecule has 28 heavy (non-hydrogen) atoms. The Morgan fingerprint density at radius 2 is 1.82 bits per heavy atom. The molecule has 2 N–H and O–H groups in total. The van der Waals surface area contributed by atoms with E-state index in [2.05, 4.69) is 10.3 Å². The fourth-order valence-electron chi connectivity index (χ4n) is 2.43. The van der Waals surface area contributed by atoms with Crippen molar-refractivity contribution in [3.63, 3.8) is 0 Å². The highest BCUT2D eigenvalue weighted by atomic mass is 19.4. The molecule has 1 unspecified atom stereocenters. The zero-order valence-corrected chi connectivity index (χ0v) is 14.9. The van der Waals surface area contributed by atoms with E-state index in [0.717, 1.165) is 12.3 Å². The van der Waals surface area contributed by atoms with E-state index in [1.54, 1.807) is 12.1 Å². The molecule has 1 amide bonds. The summed E-state index contributed by atoms with van der Waals surface area (Å²) in [6.07, 6.45) is -4.29. The summed E-state index contributed by atoms with van der Waals surface area (Å²) < 4.78 is 48.0. The number of carbonyl (C=O) groups excluding carboxylic acids is 1. The van der Waals surface area contributed by atoms with Crippen LogP contribution in [0.25, 0.3) is 0 Å². The van der Waals surface area contributed by atoms with Crippen LogP contribution in [0.5, 0.6) is 11.5 Å². The number of nitrogens with one attached hydrogen (secondary N) is 1. The smallest absolute Gasteiger partial charge is 0.433 e. The molecule has 2 rings (SSSR count). The van der Waals surface area contributed by atoms with Crippen molar-refractivity contribution in [1.82, 2.24) is 10.3 Å². The SMILES string of the molecule is COc1ccc(C(CC(=O)O)NC(=O)c2ccc(C(F)(F)F)nc2)cc1OC. The van der Waals surface area contributed by atoms with E-state index in [1.165, 1.54) is 20.3 Å². The average molecular weight is 398 g/mol. The lowest BCUT2D eigenvalue weighted by Crippen LogP contribution is -2.30. The minimum Gasteiger partial charge on any atom is -0.493 e. The predicted octanol–water partition coefficient (Wildman–Crippen LogP) is 3.06. The van der Waals surface area contributed by atoms with Crippen LogP contribution in [-0.2, 0) is 11.0 Å². The molecule has 0 bridgehead atoms. The third-order valence-electron chi connectivity index (χ3n) is 3.81. The first-order chi connectivity index (χ1) is 13.2. The van der Waals surface area contributed by atoms with Crippen molar-refractivity contribution >= 4 is 11.9 Å². The number of pyridine rings is 1. The number of hydrogen-bond donors (Lipinski definition) is 2. The standard InChI is InChI=1S/C18H17F3N2O5/c1-27-13-5-3-10(7-14(13)28-2)12(8-16(24)25)23-17(26)11-4-6-15(22-9-11)18(19,20)21/h3-7,9,12H,8H2,1-2H3,(H,23,26)(H,24,25). The Hall–Kier alpha value is -3.30. The first-order valence-electron chi connectivity index (χ1n) is 7.93. The molecule has 1 atom stereocenters. The van der Waals surface area contributed by atoms with Crippen LogP contribution in [0.2, 0.25) is 0 Å². The summed E-state index contributed by atoms with van der Waals surface area (Å²) in [6, 6.07) is 5.31. The Morgan fingerprint density at radius 3 is 2.32 bits per heavy atom. The second kappa shape index (κ2) is 8.59. The van der Waals surface area contributed by atoms with Crippen molar-refractivity contribution < 1.29 is 37.3 Å². The lowest BCUT2D eigenvalue weighted by molar-refractivity contribution is -0.141. The number of carboxylic acid groups (broad SMARTS) is 1. The lowest BCUT2D eigenvalue weighted by Gasteiger charge is -2.19. The number of aliphatic carboxylic acids is 1. The number of carboxylic acids is 1. The van der Waals surface area contributed by atoms with Crippen LogP contribution >= 0.6 is 0 Å². The Labute approximate surface area is 158 Å². The number of carbonyl (C=O) groups is 2. The predicted molar refractivity (Wildman–Crippen MR) is 91.2 cm³/mol. The molecule has 0 saturated carbocycles. The molecular formula is C18H17F3N2O5. The van der Waals surface area contributed by atoms with Gasteiger partial charge < -0.3 is 19.9 Å². The van der Waals surface area contributed by atoms with Crippen LogP contribution in [0, 0.1) is 0 Å². The normalized spacial score (nSPS) is 12.2. The lowest BCUT2D eigenvalue weighted by atomic mass is 10.0. The summed E-state index contributed by atoms with van der Waals surface area (Å²) in [7, 11) is 2.84. The molecule has 0 aliphatic carbocycles. The van der Waals surface area contributed by atoms with Gasteiger partial charge in [0.05, 0.1) is 32.2 Å². The van der Waals surface area contributed by atoms with Gasteiger partial charge in [-0.15, -0.1) is 0 Å². The van der Waals surface area contributed by atoms with Crippen molar-refractivity contribution in [1.29, 1.82) is 0 Å². The molecule has 0 aliphatic rings. The topological polar surface area (TPSA) is 97.8 Å². The molecule has 0 fully saturated rings. The number of benzene rings is 1. The highest BCUT2D eigenvalue weighted by molar-refractivity contribution is 5.94. The van der Waals surface area contributed by atoms with Crippen LogP contribution in [0.15, 0.2) is 36.5 Å². The van der Waals surface area contributed by atoms with Gasteiger partial charge in [-0.3, -0.25) is 14.6 Å². The molecule has 10 heteroatoms. The highest BCUT2D eigenvalue weighted by Gasteiger charge is 2.32. The molecule has 0 saturated heterocycles. The van der Waals surface area contributed by atoms with Gasteiger partial charge in [0.15, 0.2) is 11.5 Å². The molecule has 150 valence electrons. The number of hydrogen-bond acceptors (Lipinski definition) is 5. The third kappa shape index (κ3) is 5.12. The zero-order chi connectivity index (χ0) is 20.9. The fraction of sp³-hybridized carbons (Fsp3) is 0.278. The van der Waals surface area contributed by atoms with Crippen LogP contribution < -0.4 is 14.8 Å². The largest absolute Gasteiger partial charge is 0.493 e. The molecule has 2 aromatic rings. The maximum absolute atomic E-state index is 12.6. The number of alkyl halides is 3. The van der Waals surface area contributed by atoms with Crippen LogP contribution in [0.3, 0.4) is 0 Å². The van der Waals surface area contributed by atoms with E-state index < -0.39 is 36.2 Å². The van der Waals surface area contributed by atoms with E-state index in [0.29, 0.717) is 23.1 Å². The van der Waals surface area contributed by atoms with Crippen LogP contribution in [0.4, 0.5) is 13.2 Å². The minimum absolute atomic E-state index is 0.135. The number of amides is 1. The molecule has 1 heterocycles. The molecule has 1 aromatic carbocycles. The first-order valence-corrected chi connectivity index (χ1v) is 7.93. The summed E-state index contributed by atoms with van der Waals surface area (Å²) in [4.78, 5) is 26.8. The quantitative estimate of drug-likeness (QED) is 0.744. The van der Waals surface area contributed by atoms with Gasteiger partial charge >= 0.3 is 12.1 Å². The minimum atomic E-state index is -4.62. The van der Waals surface area contributed by atoms with Crippen molar-refractivity contribution in [2.45, 2.75) is 18.6 Å². The van der Waals surface area contributed by atoms with E-state index in [9.17, 15) is 22.8 Å². The molecular weight excluding hydrogens is 381 g/mol.